The Labute approximate surface area is 222 Å². The number of nitrogens with zero attached hydrogens (tertiary/aromatic N) is 6. The zero-order valence-corrected chi connectivity index (χ0v) is 22.6. The Kier molecular flexibility index (Phi) is 6.28. The van der Waals surface area contributed by atoms with Crippen LogP contribution in [0.1, 0.15) is 36.2 Å². The first-order valence-corrected chi connectivity index (χ1v) is 14.7. The van der Waals surface area contributed by atoms with E-state index in [0.29, 0.717) is 45.7 Å². The van der Waals surface area contributed by atoms with Gasteiger partial charge in [0.05, 0.1) is 44.3 Å². The first-order valence-electron chi connectivity index (χ1n) is 12.9. The minimum absolute atomic E-state index is 0.0250. The highest BCUT2D eigenvalue weighted by molar-refractivity contribution is 7.86. The van der Waals surface area contributed by atoms with Crippen LogP contribution in [-0.2, 0) is 50.3 Å². The molecule has 2 aromatic heterocycles. The average molecular weight is 541 g/mol. The summed E-state index contributed by atoms with van der Waals surface area (Å²) in [6.45, 7) is 4.33. The molecule has 6 rings (SSSR count). The molecule has 1 unspecified atom stereocenters. The van der Waals surface area contributed by atoms with Crippen LogP contribution in [0.3, 0.4) is 0 Å². The maximum absolute atomic E-state index is 12.3. The maximum atomic E-state index is 12.3. The number of ether oxygens (including phenoxy) is 1. The van der Waals surface area contributed by atoms with Crippen molar-refractivity contribution >= 4 is 27.5 Å². The van der Waals surface area contributed by atoms with E-state index in [1.54, 1.807) is 11.6 Å². The summed E-state index contributed by atoms with van der Waals surface area (Å²) in [5.41, 5.74) is 6.02. The first kappa shape index (κ1) is 25.1. The largest absolute Gasteiger partial charge is 0.379 e. The number of carbonyl (C=O) groups excluding carboxylic acids is 1. The lowest BCUT2D eigenvalue weighted by molar-refractivity contribution is -0.129. The second kappa shape index (κ2) is 9.51. The Morgan fingerprint density at radius 3 is 2.76 bits per heavy atom. The van der Waals surface area contributed by atoms with Gasteiger partial charge in [-0.3, -0.25) is 18.3 Å². The highest BCUT2D eigenvalue weighted by atomic mass is 32.2. The van der Waals surface area contributed by atoms with Crippen molar-refractivity contribution in [1.82, 2.24) is 24.5 Å². The summed E-state index contributed by atoms with van der Waals surface area (Å²) in [6.07, 6.45) is 6.31. The highest BCUT2D eigenvalue weighted by Gasteiger charge is 2.36. The molecule has 1 saturated heterocycles. The summed E-state index contributed by atoms with van der Waals surface area (Å²) in [5, 5.41) is 9.40. The van der Waals surface area contributed by atoms with E-state index in [-0.39, 0.29) is 11.9 Å². The number of amides is 1. The molecule has 11 nitrogen and oxygen atoms in total. The van der Waals surface area contributed by atoms with Crippen LogP contribution in [0.25, 0.3) is 11.1 Å². The van der Waals surface area contributed by atoms with Crippen molar-refractivity contribution in [2.45, 2.75) is 44.9 Å². The monoisotopic (exact) mass is 540 g/mol. The molecule has 0 aliphatic carbocycles. The lowest BCUT2D eigenvalue weighted by Crippen LogP contribution is -2.40. The van der Waals surface area contributed by atoms with Gasteiger partial charge in [0.25, 0.3) is 10.1 Å². The molecule has 1 aromatic carbocycles. The summed E-state index contributed by atoms with van der Waals surface area (Å²) in [5.74, 6) is 0.770. The molecule has 1 amide bonds. The summed E-state index contributed by atoms with van der Waals surface area (Å²) in [7, 11) is -1.80. The fraction of sp³-hybridized carbons (Fsp3) is 0.500. The Bertz CT molecular complexity index is 1490. The molecule has 38 heavy (non-hydrogen) atoms. The molecule has 3 aromatic rings. The molecule has 1 fully saturated rings. The van der Waals surface area contributed by atoms with Crippen molar-refractivity contribution in [3.63, 3.8) is 0 Å². The molecule has 12 heteroatoms. The normalized spacial score (nSPS) is 21.4. The van der Waals surface area contributed by atoms with Crippen LogP contribution in [0.15, 0.2) is 30.6 Å². The molecule has 0 N–H and O–H groups in total. The maximum Gasteiger partial charge on any atom is 0.264 e. The molecule has 0 spiro atoms. The molecule has 2 atom stereocenters. The van der Waals surface area contributed by atoms with Crippen LogP contribution in [0.4, 0.5) is 11.5 Å². The van der Waals surface area contributed by atoms with Crippen molar-refractivity contribution in [2.24, 2.45) is 7.05 Å². The average Bonchev–Trinajstić information content (AvgIpc) is 3.61. The van der Waals surface area contributed by atoms with E-state index in [1.807, 2.05) is 24.3 Å². The van der Waals surface area contributed by atoms with Crippen molar-refractivity contribution in [3.05, 3.63) is 47.4 Å². The molecule has 5 heterocycles. The Morgan fingerprint density at radius 1 is 1.24 bits per heavy atom. The molecule has 3 aliphatic rings. The topological polar surface area (TPSA) is 112 Å². The second-order valence-corrected chi connectivity index (χ2v) is 12.0. The van der Waals surface area contributed by atoms with Crippen molar-refractivity contribution in [2.75, 3.05) is 37.5 Å². The van der Waals surface area contributed by atoms with Crippen LogP contribution in [-0.4, -0.2) is 77.4 Å². The number of fused-ring (bicyclic) bond motifs is 2. The van der Waals surface area contributed by atoms with Gasteiger partial charge in [0.15, 0.2) is 5.82 Å². The number of anilines is 2. The quantitative estimate of drug-likeness (QED) is 0.453. The number of hydrogen-bond donors (Lipinski definition) is 0. The van der Waals surface area contributed by atoms with Gasteiger partial charge in [-0.15, -0.1) is 0 Å². The molecule has 0 saturated carbocycles. The number of aryl methyl sites for hydroxylation is 1. The molecule has 0 bridgehead atoms. The lowest BCUT2D eigenvalue weighted by Gasteiger charge is -2.36. The van der Waals surface area contributed by atoms with E-state index in [0.717, 1.165) is 52.1 Å². The van der Waals surface area contributed by atoms with E-state index < -0.39 is 16.2 Å². The Hall–Kier alpha value is -3.22. The zero-order chi connectivity index (χ0) is 26.6. The minimum atomic E-state index is -3.67. The van der Waals surface area contributed by atoms with Gasteiger partial charge in [-0.25, -0.2) is 0 Å². The van der Waals surface area contributed by atoms with E-state index in [9.17, 15) is 13.2 Å². The van der Waals surface area contributed by atoms with Gasteiger partial charge in [-0.05, 0) is 29.7 Å². The van der Waals surface area contributed by atoms with E-state index in [1.165, 1.54) is 0 Å². The third-order valence-corrected chi connectivity index (χ3v) is 8.19. The lowest BCUT2D eigenvalue weighted by atomic mass is 9.95. The van der Waals surface area contributed by atoms with Gasteiger partial charge in [-0.2, -0.15) is 18.6 Å². The molecule has 3 aliphatic heterocycles. The Balaban J connectivity index is 1.47. The number of benzene rings is 1. The fourth-order valence-corrected chi connectivity index (χ4v) is 6.44. The second-order valence-electron chi connectivity index (χ2n) is 10.4. The van der Waals surface area contributed by atoms with Crippen LogP contribution >= 0.6 is 0 Å². The number of aromatic nitrogens is 4. The molecular weight excluding hydrogens is 508 g/mol. The third kappa shape index (κ3) is 4.72. The van der Waals surface area contributed by atoms with E-state index >= 15 is 0 Å². The van der Waals surface area contributed by atoms with Crippen LogP contribution < -0.4 is 4.90 Å². The number of carbonyl (C=O) groups is 1. The fourth-order valence-electron chi connectivity index (χ4n) is 5.82. The summed E-state index contributed by atoms with van der Waals surface area (Å²) in [6, 6.07) is 6.33. The van der Waals surface area contributed by atoms with E-state index in [2.05, 4.69) is 32.9 Å². The van der Waals surface area contributed by atoms with Gasteiger partial charge in [-0.1, -0.05) is 6.07 Å². The van der Waals surface area contributed by atoms with Gasteiger partial charge in [0, 0.05) is 68.7 Å². The first-order chi connectivity index (χ1) is 18.2. The SMILES string of the molecule is CC(=O)N1CCc2c(c(N3CC(OS(C)(=O)=O)Cc4cc(-c5cnn(C)c5)ccc43)nn2[C@H]2CCOC2)C1. The molecular formula is C26H32N6O5S. The van der Waals surface area contributed by atoms with Crippen LogP contribution in [0.2, 0.25) is 0 Å². The van der Waals surface area contributed by atoms with Gasteiger partial charge in [0.1, 0.15) is 0 Å². The molecule has 0 radical (unpaired) electrons. The Morgan fingerprint density at radius 2 is 2.08 bits per heavy atom. The number of hydrogen-bond acceptors (Lipinski definition) is 8. The van der Waals surface area contributed by atoms with Crippen molar-refractivity contribution in [1.29, 1.82) is 0 Å². The standard InChI is InChI=1S/C26H32N6O5S/c1-17(33)30-8-6-25-23(15-30)26(28-32(25)21-7-9-36-16-21)31-14-22(37-38(3,34)35)11-19-10-18(4-5-24(19)31)20-12-27-29(2)13-20/h4-5,10,12-13,21-22H,6-9,11,14-16H2,1-3H3/t21-,22?/m0/s1. The third-order valence-electron chi connectivity index (χ3n) is 7.57. The molecule has 202 valence electrons. The summed E-state index contributed by atoms with van der Waals surface area (Å²) >= 11 is 0. The van der Waals surface area contributed by atoms with E-state index in [4.69, 9.17) is 14.0 Å². The van der Waals surface area contributed by atoms with Gasteiger partial charge < -0.3 is 14.5 Å². The van der Waals surface area contributed by atoms with Gasteiger partial charge in [0.2, 0.25) is 5.91 Å². The van der Waals surface area contributed by atoms with Crippen molar-refractivity contribution < 1.29 is 22.1 Å². The highest BCUT2D eigenvalue weighted by Crippen LogP contribution is 2.41. The minimum Gasteiger partial charge on any atom is -0.379 e. The van der Waals surface area contributed by atoms with Crippen molar-refractivity contribution in [3.8, 4) is 11.1 Å². The summed E-state index contributed by atoms with van der Waals surface area (Å²) in [4.78, 5) is 16.2. The predicted molar refractivity (Wildman–Crippen MR) is 141 cm³/mol. The number of rotatable bonds is 5. The van der Waals surface area contributed by atoms with Gasteiger partial charge >= 0.3 is 0 Å². The van der Waals surface area contributed by atoms with Crippen LogP contribution in [0, 0.1) is 0 Å². The zero-order valence-electron chi connectivity index (χ0n) is 21.8. The van der Waals surface area contributed by atoms with Crippen LogP contribution in [0.5, 0.6) is 0 Å². The summed E-state index contributed by atoms with van der Waals surface area (Å²) < 4.78 is 39.3. The predicted octanol–water partition coefficient (Wildman–Crippen LogP) is 2.19. The smallest absolute Gasteiger partial charge is 0.264 e.